The number of fused-ring (bicyclic) bond motifs is 6. The van der Waals surface area contributed by atoms with Crippen LogP contribution in [0.4, 0.5) is 5.69 Å². The SMILES string of the molecule is COC(=O)c1cc2c(ccc3[nH]ccc32)[nH]1.COC(=O)c1cc2c3c(ccc2[nH]1)NCC3. The van der Waals surface area contributed by atoms with Crippen LogP contribution in [0.2, 0.25) is 0 Å². The highest BCUT2D eigenvalue weighted by molar-refractivity contribution is 6.08. The van der Waals surface area contributed by atoms with E-state index in [-0.39, 0.29) is 11.9 Å². The number of methoxy groups -OCH3 is 2. The molecule has 32 heavy (non-hydrogen) atoms. The number of nitrogens with one attached hydrogen (secondary N) is 4. The summed E-state index contributed by atoms with van der Waals surface area (Å²) in [6, 6.07) is 13.6. The Bertz CT molecular complexity index is 1470. The predicted octanol–water partition coefficient (Wildman–Crippen LogP) is 4.36. The van der Waals surface area contributed by atoms with Gasteiger partial charge in [0.15, 0.2) is 0 Å². The summed E-state index contributed by atoms with van der Waals surface area (Å²) < 4.78 is 9.38. The van der Waals surface area contributed by atoms with Crippen molar-refractivity contribution in [3.63, 3.8) is 0 Å². The number of carbonyl (C=O) groups is 2. The second-order valence-corrected chi connectivity index (χ2v) is 7.54. The molecule has 4 N–H and O–H groups in total. The molecule has 0 spiro atoms. The molecule has 0 aliphatic carbocycles. The summed E-state index contributed by atoms with van der Waals surface area (Å²) in [6.07, 6.45) is 2.89. The maximum atomic E-state index is 11.4. The van der Waals surface area contributed by atoms with E-state index in [1.807, 2.05) is 48.7 Å². The van der Waals surface area contributed by atoms with E-state index in [9.17, 15) is 9.59 Å². The molecule has 162 valence electrons. The number of rotatable bonds is 2. The number of benzene rings is 2. The fourth-order valence-electron chi connectivity index (χ4n) is 4.21. The van der Waals surface area contributed by atoms with Gasteiger partial charge in [-0.1, -0.05) is 0 Å². The third kappa shape index (κ3) is 3.26. The highest BCUT2D eigenvalue weighted by Gasteiger charge is 2.17. The largest absolute Gasteiger partial charge is 0.464 e. The molecule has 3 aromatic heterocycles. The summed E-state index contributed by atoms with van der Waals surface area (Å²) in [6.45, 7) is 0.965. The number of H-pyrrole nitrogens is 3. The van der Waals surface area contributed by atoms with Gasteiger partial charge in [0, 0.05) is 51.1 Å². The molecule has 0 fully saturated rings. The minimum Gasteiger partial charge on any atom is -0.464 e. The highest BCUT2D eigenvalue weighted by atomic mass is 16.5. The van der Waals surface area contributed by atoms with Gasteiger partial charge < -0.3 is 29.7 Å². The van der Waals surface area contributed by atoms with Gasteiger partial charge in [-0.3, -0.25) is 0 Å². The molecule has 0 saturated carbocycles. The molecule has 0 radical (unpaired) electrons. The molecule has 0 bridgehead atoms. The van der Waals surface area contributed by atoms with Crippen molar-refractivity contribution < 1.29 is 19.1 Å². The van der Waals surface area contributed by atoms with Gasteiger partial charge >= 0.3 is 11.9 Å². The van der Waals surface area contributed by atoms with E-state index in [2.05, 4.69) is 25.0 Å². The van der Waals surface area contributed by atoms with Crippen LogP contribution in [0.15, 0.2) is 48.7 Å². The van der Waals surface area contributed by atoms with Crippen molar-refractivity contribution in [1.29, 1.82) is 0 Å². The smallest absolute Gasteiger partial charge is 0.354 e. The van der Waals surface area contributed by atoms with Crippen LogP contribution in [0, 0.1) is 0 Å². The summed E-state index contributed by atoms with van der Waals surface area (Å²) in [7, 11) is 2.76. The van der Waals surface area contributed by atoms with E-state index in [1.165, 1.54) is 25.5 Å². The minimum absolute atomic E-state index is 0.323. The summed E-state index contributed by atoms with van der Waals surface area (Å²) in [5.74, 6) is -0.671. The maximum absolute atomic E-state index is 11.4. The summed E-state index contributed by atoms with van der Waals surface area (Å²) >= 11 is 0. The van der Waals surface area contributed by atoms with E-state index in [0.717, 1.165) is 45.7 Å². The third-order valence-electron chi connectivity index (χ3n) is 5.75. The van der Waals surface area contributed by atoms with Crippen LogP contribution < -0.4 is 5.32 Å². The third-order valence-corrected chi connectivity index (χ3v) is 5.75. The Morgan fingerprint density at radius 3 is 2.12 bits per heavy atom. The van der Waals surface area contributed by atoms with Gasteiger partial charge in [-0.05, 0) is 54.4 Å². The van der Waals surface area contributed by atoms with E-state index in [4.69, 9.17) is 4.74 Å². The molecule has 0 unspecified atom stereocenters. The van der Waals surface area contributed by atoms with E-state index in [0.29, 0.717) is 11.4 Å². The van der Waals surface area contributed by atoms with Gasteiger partial charge in [0.05, 0.1) is 14.2 Å². The first-order chi connectivity index (χ1) is 15.6. The molecule has 4 heterocycles. The minimum atomic E-state index is -0.347. The molecular weight excluding hydrogens is 408 g/mol. The molecular formula is C24H22N4O4. The van der Waals surface area contributed by atoms with Crippen molar-refractivity contribution in [2.24, 2.45) is 0 Å². The van der Waals surface area contributed by atoms with Crippen LogP contribution in [0.1, 0.15) is 26.5 Å². The number of hydrogen-bond donors (Lipinski definition) is 4. The van der Waals surface area contributed by atoms with Gasteiger partial charge in [-0.15, -0.1) is 0 Å². The lowest BCUT2D eigenvalue weighted by Crippen LogP contribution is -2.00. The Morgan fingerprint density at radius 2 is 1.41 bits per heavy atom. The number of aromatic amines is 3. The first kappa shape index (κ1) is 19.7. The van der Waals surface area contributed by atoms with Crippen molar-refractivity contribution in [2.75, 3.05) is 26.1 Å². The summed E-state index contributed by atoms with van der Waals surface area (Å²) in [5, 5.41) is 6.56. The number of esters is 2. The maximum Gasteiger partial charge on any atom is 0.354 e. The molecule has 8 heteroatoms. The second kappa shape index (κ2) is 7.81. The van der Waals surface area contributed by atoms with Gasteiger partial charge in [0.2, 0.25) is 0 Å². The van der Waals surface area contributed by atoms with E-state index < -0.39 is 0 Å². The fraction of sp³-hybridized carbons (Fsp3) is 0.167. The van der Waals surface area contributed by atoms with E-state index in [1.54, 1.807) is 0 Å². The Balaban J connectivity index is 0.000000135. The average Bonchev–Trinajstić information content (AvgIpc) is 3.60. The highest BCUT2D eigenvalue weighted by Crippen LogP contribution is 2.31. The van der Waals surface area contributed by atoms with Crippen molar-refractivity contribution in [1.82, 2.24) is 15.0 Å². The molecule has 8 nitrogen and oxygen atoms in total. The molecule has 1 aliphatic heterocycles. The van der Waals surface area contributed by atoms with Crippen molar-refractivity contribution in [2.45, 2.75) is 6.42 Å². The van der Waals surface area contributed by atoms with Crippen LogP contribution in [-0.2, 0) is 15.9 Å². The number of aromatic nitrogens is 3. The van der Waals surface area contributed by atoms with Gasteiger partial charge in [0.25, 0.3) is 0 Å². The second-order valence-electron chi connectivity index (χ2n) is 7.54. The van der Waals surface area contributed by atoms with Crippen molar-refractivity contribution >= 4 is 50.3 Å². The Labute approximate surface area is 182 Å². The van der Waals surface area contributed by atoms with Gasteiger partial charge in [0.1, 0.15) is 11.4 Å². The fourth-order valence-corrected chi connectivity index (χ4v) is 4.21. The molecule has 0 amide bonds. The first-order valence-corrected chi connectivity index (χ1v) is 10.2. The molecule has 5 aromatic rings. The monoisotopic (exact) mass is 430 g/mol. The zero-order valence-corrected chi connectivity index (χ0v) is 17.7. The molecule has 0 saturated heterocycles. The van der Waals surface area contributed by atoms with Crippen LogP contribution in [0.25, 0.3) is 32.7 Å². The molecule has 1 aliphatic rings. The van der Waals surface area contributed by atoms with E-state index >= 15 is 0 Å². The summed E-state index contributed by atoms with van der Waals surface area (Å²) in [5.41, 5.74) is 6.43. The van der Waals surface area contributed by atoms with Crippen LogP contribution in [0.3, 0.4) is 0 Å². The lowest BCUT2D eigenvalue weighted by Gasteiger charge is -1.99. The van der Waals surface area contributed by atoms with Crippen molar-refractivity contribution in [3.8, 4) is 0 Å². The zero-order chi connectivity index (χ0) is 22.2. The molecule has 0 atom stereocenters. The quantitative estimate of drug-likeness (QED) is 0.311. The normalized spacial score (nSPS) is 12.3. The predicted molar refractivity (Wildman–Crippen MR) is 123 cm³/mol. The summed E-state index contributed by atoms with van der Waals surface area (Å²) in [4.78, 5) is 32.1. The topological polar surface area (TPSA) is 112 Å². The average molecular weight is 430 g/mol. The van der Waals surface area contributed by atoms with Gasteiger partial charge in [-0.25, -0.2) is 9.59 Å². The number of anilines is 1. The lowest BCUT2D eigenvalue weighted by molar-refractivity contribution is 0.0586. The Kier molecular flexibility index (Phi) is 4.82. The lowest BCUT2D eigenvalue weighted by atomic mass is 10.1. The number of ether oxygens (including phenoxy) is 2. The zero-order valence-electron chi connectivity index (χ0n) is 17.7. The molecule has 6 rings (SSSR count). The Morgan fingerprint density at radius 1 is 0.781 bits per heavy atom. The van der Waals surface area contributed by atoms with Gasteiger partial charge in [-0.2, -0.15) is 0 Å². The Hall–Kier alpha value is -4.20. The van der Waals surface area contributed by atoms with Crippen LogP contribution in [0.5, 0.6) is 0 Å². The molecule has 2 aromatic carbocycles. The number of hydrogen-bond acceptors (Lipinski definition) is 5. The van der Waals surface area contributed by atoms with Crippen LogP contribution in [-0.4, -0.2) is 47.7 Å². The first-order valence-electron chi connectivity index (χ1n) is 10.2. The van der Waals surface area contributed by atoms with Crippen molar-refractivity contribution in [3.05, 3.63) is 65.6 Å². The standard InChI is InChI=1S/C12H12N2O2.C12H10N2O2/c2*1-16-12(15)11-6-8-7-4-5-13-9(7)2-3-10(8)14-11/h2-3,6,13-14H,4-5H2,1H3;2-6,13-14H,1H3. The van der Waals surface area contributed by atoms with Crippen LogP contribution >= 0.6 is 0 Å². The number of carbonyl (C=O) groups excluding carboxylic acids is 2.